The maximum atomic E-state index is 4.65. The van der Waals surface area contributed by atoms with Crippen molar-refractivity contribution < 1.29 is 0 Å². The summed E-state index contributed by atoms with van der Waals surface area (Å²) in [5.74, 6) is 3.34. The van der Waals surface area contributed by atoms with E-state index in [1.54, 1.807) is 24.3 Å². The molecule has 1 saturated heterocycles. The molecule has 3 aromatic rings. The molecule has 136 valence electrons. The third-order valence-corrected chi connectivity index (χ3v) is 5.36. The van der Waals surface area contributed by atoms with Crippen LogP contribution < -0.4 is 4.90 Å². The van der Waals surface area contributed by atoms with Gasteiger partial charge in [-0.3, -0.25) is 0 Å². The molecule has 1 aliphatic rings. The number of rotatable bonds is 5. The monoisotopic (exact) mass is 370 g/mol. The molecular formula is C17H22N8S. The van der Waals surface area contributed by atoms with Crippen LogP contribution in [-0.2, 0) is 13.6 Å². The SMILES string of the molecule is CSc1nccc(N2CCC[C@@H](c3nnc(Cn4ccnc4)n3C)C2)n1. The molecule has 0 amide bonds. The standard InChI is InChI=1S/C17H22N8S/c1-23-15(11-24-9-7-18-12-24)21-22-16(23)13-4-3-8-25(10-13)14-5-6-19-17(20-14)26-2/h5-7,9,12-13H,3-4,8,10-11H2,1-2H3/t13-/m1/s1. The average Bonchev–Trinajstić information content (AvgIpc) is 3.33. The molecule has 1 atom stereocenters. The molecule has 26 heavy (non-hydrogen) atoms. The van der Waals surface area contributed by atoms with Crippen LogP contribution in [0.5, 0.6) is 0 Å². The van der Waals surface area contributed by atoms with Crippen molar-refractivity contribution >= 4 is 17.6 Å². The molecule has 1 fully saturated rings. The Balaban J connectivity index is 1.52. The normalized spacial score (nSPS) is 17.6. The van der Waals surface area contributed by atoms with Crippen molar-refractivity contribution in [2.24, 2.45) is 7.05 Å². The van der Waals surface area contributed by atoms with E-state index in [0.717, 1.165) is 48.6 Å². The van der Waals surface area contributed by atoms with Crippen LogP contribution in [0.3, 0.4) is 0 Å². The van der Waals surface area contributed by atoms with E-state index in [9.17, 15) is 0 Å². The van der Waals surface area contributed by atoms with Crippen molar-refractivity contribution in [2.75, 3.05) is 24.2 Å². The summed E-state index contributed by atoms with van der Waals surface area (Å²) in [5.41, 5.74) is 0. The Kier molecular flexibility index (Phi) is 4.87. The number of thioether (sulfide) groups is 1. The van der Waals surface area contributed by atoms with Gasteiger partial charge in [-0.25, -0.2) is 15.0 Å². The third kappa shape index (κ3) is 3.44. The van der Waals surface area contributed by atoms with Gasteiger partial charge >= 0.3 is 0 Å². The second kappa shape index (κ2) is 7.45. The molecule has 0 aromatic carbocycles. The quantitative estimate of drug-likeness (QED) is 0.502. The molecule has 0 unspecified atom stereocenters. The second-order valence-corrected chi connectivity index (χ2v) is 7.23. The molecule has 0 radical (unpaired) electrons. The molecular weight excluding hydrogens is 348 g/mol. The molecule has 3 aromatic heterocycles. The fraction of sp³-hybridized carbons (Fsp3) is 0.471. The molecule has 0 N–H and O–H groups in total. The van der Waals surface area contributed by atoms with E-state index in [1.807, 2.05) is 29.3 Å². The van der Waals surface area contributed by atoms with Crippen LogP contribution in [0.15, 0.2) is 36.1 Å². The molecule has 0 spiro atoms. The predicted octanol–water partition coefficient (Wildman–Crippen LogP) is 1.96. The first-order valence-electron chi connectivity index (χ1n) is 8.70. The van der Waals surface area contributed by atoms with E-state index in [1.165, 1.54) is 0 Å². The smallest absolute Gasteiger partial charge is 0.189 e. The van der Waals surface area contributed by atoms with E-state index in [2.05, 4.69) is 41.7 Å². The van der Waals surface area contributed by atoms with E-state index >= 15 is 0 Å². The van der Waals surface area contributed by atoms with Crippen LogP contribution in [0.2, 0.25) is 0 Å². The van der Waals surface area contributed by atoms with Gasteiger partial charge in [-0.2, -0.15) is 0 Å². The van der Waals surface area contributed by atoms with Crippen LogP contribution in [0, 0.1) is 0 Å². The minimum absolute atomic E-state index is 0.352. The van der Waals surface area contributed by atoms with Gasteiger partial charge in [0.1, 0.15) is 11.6 Å². The van der Waals surface area contributed by atoms with Crippen LogP contribution >= 0.6 is 11.8 Å². The highest BCUT2D eigenvalue weighted by molar-refractivity contribution is 7.98. The Labute approximate surface area is 156 Å². The number of hydrogen-bond acceptors (Lipinski definition) is 7. The van der Waals surface area contributed by atoms with E-state index in [4.69, 9.17) is 0 Å². The van der Waals surface area contributed by atoms with Gasteiger partial charge in [0.25, 0.3) is 0 Å². The Bertz CT molecular complexity index is 860. The Morgan fingerprint density at radius 3 is 3.00 bits per heavy atom. The first-order chi connectivity index (χ1) is 12.7. The Morgan fingerprint density at radius 2 is 2.19 bits per heavy atom. The lowest BCUT2D eigenvalue weighted by molar-refractivity contribution is 0.475. The lowest BCUT2D eigenvalue weighted by Crippen LogP contribution is -2.36. The zero-order chi connectivity index (χ0) is 17.9. The molecule has 0 bridgehead atoms. The van der Waals surface area contributed by atoms with Crippen LogP contribution in [0.4, 0.5) is 5.82 Å². The lowest BCUT2D eigenvalue weighted by atomic mass is 9.97. The Hall–Kier alpha value is -2.42. The number of hydrogen-bond donors (Lipinski definition) is 0. The first-order valence-corrected chi connectivity index (χ1v) is 9.93. The summed E-state index contributed by atoms with van der Waals surface area (Å²) < 4.78 is 4.13. The number of aromatic nitrogens is 7. The zero-order valence-corrected chi connectivity index (χ0v) is 15.8. The minimum atomic E-state index is 0.352. The fourth-order valence-corrected chi connectivity index (χ4v) is 3.77. The highest BCUT2D eigenvalue weighted by Gasteiger charge is 2.26. The van der Waals surface area contributed by atoms with Gasteiger partial charge in [-0.15, -0.1) is 10.2 Å². The summed E-state index contributed by atoms with van der Waals surface area (Å²) in [4.78, 5) is 15.3. The van der Waals surface area contributed by atoms with Gasteiger partial charge in [0, 0.05) is 44.6 Å². The largest absolute Gasteiger partial charge is 0.356 e. The molecule has 1 aliphatic heterocycles. The average molecular weight is 370 g/mol. The summed E-state index contributed by atoms with van der Waals surface area (Å²) in [6.07, 6.45) is 11.6. The van der Waals surface area contributed by atoms with Gasteiger partial charge in [-0.05, 0) is 25.2 Å². The summed E-state index contributed by atoms with van der Waals surface area (Å²) in [5, 5.41) is 9.72. The maximum Gasteiger partial charge on any atom is 0.189 e. The third-order valence-electron chi connectivity index (χ3n) is 4.79. The van der Waals surface area contributed by atoms with Gasteiger partial charge in [0.2, 0.25) is 0 Å². The van der Waals surface area contributed by atoms with Crippen molar-refractivity contribution in [3.05, 3.63) is 42.6 Å². The van der Waals surface area contributed by atoms with Crippen molar-refractivity contribution in [3.63, 3.8) is 0 Å². The predicted molar refractivity (Wildman–Crippen MR) is 100 cm³/mol. The van der Waals surface area contributed by atoms with Gasteiger partial charge in [-0.1, -0.05) is 11.8 Å². The molecule has 8 nitrogen and oxygen atoms in total. The van der Waals surface area contributed by atoms with Crippen molar-refractivity contribution in [3.8, 4) is 0 Å². The zero-order valence-electron chi connectivity index (χ0n) is 15.0. The number of anilines is 1. The highest BCUT2D eigenvalue weighted by Crippen LogP contribution is 2.28. The molecule has 0 aliphatic carbocycles. The number of piperidine rings is 1. The van der Waals surface area contributed by atoms with Crippen LogP contribution in [-0.4, -0.2) is 53.6 Å². The summed E-state index contributed by atoms with van der Waals surface area (Å²) in [6, 6.07) is 1.99. The van der Waals surface area contributed by atoms with Crippen LogP contribution in [0.25, 0.3) is 0 Å². The first kappa shape index (κ1) is 17.0. The molecule has 9 heteroatoms. The summed E-state index contributed by atoms with van der Waals surface area (Å²) >= 11 is 1.57. The van der Waals surface area contributed by atoms with E-state index < -0.39 is 0 Å². The topological polar surface area (TPSA) is 77.5 Å². The molecule has 0 saturated carbocycles. The second-order valence-electron chi connectivity index (χ2n) is 6.46. The summed E-state index contributed by atoms with van der Waals surface area (Å²) in [6.45, 7) is 2.60. The minimum Gasteiger partial charge on any atom is -0.356 e. The van der Waals surface area contributed by atoms with Gasteiger partial charge < -0.3 is 14.0 Å². The van der Waals surface area contributed by atoms with Crippen molar-refractivity contribution in [2.45, 2.75) is 30.5 Å². The van der Waals surface area contributed by atoms with Gasteiger partial charge in [0.05, 0.1) is 12.9 Å². The van der Waals surface area contributed by atoms with Crippen molar-refractivity contribution in [1.82, 2.24) is 34.3 Å². The fourth-order valence-electron chi connectivity index (χ4n) is 3.41. The lowest BCUT2D eigenvalue weighted by Gasteiger charge is -2.33. The Morgan fingerprint density at radius 1 is 1.27 bits per heavy atom. The highest BCUT2D eigenvalue weighted by atomic mass is 32.2. The molecule has 4 heterocycles. The summed E-state index contributed by atoms with van der Waals surface area (Å²) in [7, 11) is 2.05. The van der Waals surface area contributed by atoms with Gasteiger partial charge in [0.15, 0.2) is 11.0 Å². The number of imidazole rings is 1. The molecule has 4 rings (SSSR count). The van der Waals surface area contributed by atoms with Crippen LogP contribution in [0.1, 0.15) is 30.4 Å². The number of nitrogens with zero attached hydrogens (tertiary/aromatic N) is 8. The van der Waals surface area contributed by atoms with Crippen molar-refractivity contribution in [1.29, 1.82) is 0 Å². The maximum absolute atomic E-state index is 4.65. The van der Waals surface area contributed by atoms with E-state index in [0.29, 0.717) is 12.5 Å². The van der Waals surface area contributed by atoms with E-state index in [-0.39, 0.29) is 0 Å².